The quantitative estimate of drug-likeness (QED) is 0.812. The SMILES string of the molecule is CC(NCCOC(N)=O)c1cccc(C(F)(F)F)c1. The third-order valence-electron chi connectivity index (χ3n) is 2.51. The molecule has 19 heavy (non-hydrogen) atoms. The molecule has 1 aromatic carbocycles. The first-order valence-corrected chi connectivity index (χ1v) is 5.63. The van der Waals surface area contributed by atoms with E-state index < -0.39 is 17.8 Å². The van der Waals surface area contributed by atoms with Crippen LogP contribution in [0.3, 0.4) is 0 Å². The number of halogens is 3. The van der Waals surface area contributed by atoms with Gasteiger partial charge in [0.15, 0.2) is 0 Å². The van der Waals surface area contributed by atoms with Crippen LogP contribution in [0.1, 0.15) is 24.1 Å². The Hall–Kier alpha value is -1.76. The van der Waals surface area contributed by atoms with Crippen LogP contribution in [0.25, 0.3) is 0 Å². The van der Waals surface area contributed by atoms with Crippen molar-refractivity contribution in [1.29, 1.82) is 0 Å². The highest BCUT2D eigenvalue weighted by Gasteiger charge is 2.30. The second kappa shape index (κ2) is 6.42. The van der Waals surface area contributed by atoms with E-state index in [4.69, 9.17) is 5.73 Å². The molecule has 0 aliphatic carbocycles. The Kier molecular flexibility index (Phi) is 5.17. The van der Waals surface area contributed by atoms with Gasteiger partial charge < -0.3 is 15.8 Å². The minimum absolute atomic E-state index is 0.0681. The molecule has 0 aliphatic heterocycles. The molecule has 0 fully saturated rings. The molecule has 0 saturated carbocycles. The standard InChI is InChI=1S/C12H15F3N2O2/c1-8(17-5-6-19-11(16)18)9-3-2-4-10(7-9)12(13,14)15/h2-4,7-8,17H,5-6H2,1H3,(H2,16,18). The zero-order chi connectivity index (χ0) is 14.5. The van der Waals surface area contributed by atoms with Crippen molar-refractivity contribution < 1.29 is 22.7 Å². The maximum absolute atomic E-state index is 12.5. The maximum Gasteiger partial charge on any atom is 0.416 e. The lowest BCUT2D eigenvalue weighted by molar-refractivity contribution is -0.137. The van der Waals surface area contributed by atoms with Crippen LogP contribution < -0.4 is 11.1 Å². The van der Waals surface area contributed by atoms with Gasteiger partial charge in [-0.2, -0.15) is 13.2 Å². The van der Waals surface area contributed by atoms with E-state index in [1.807, 2.05) is 0 Å². The van der Waals surface area contributed by atoms with Crippen molar-refractivity contribution in [2.75, 3.05) is 13.2 Å². The summed E-state index contributed by atoms with van der Waals surface area (Å²) in [5.41, 5.74) is 4.59. The molecule has 0 aromatic heterocycles. The monoisotopic (exact) mass is 276 g/mol. The minimum atomic E-state index is -4.36. The number of amides is 1. The number of ether oxygens (including phenoxy) is 1. The summed E-state index contributed by atoms with van der Waals surface area (Å²) in [5, 5.41) is 2.93. The Bertz CT molecular complexity index is 435. The first-order chi connectivity index (χ1) is 8.80. The maximum atomic E-state index is 12.5. The molecular weight excluding hydrogens is 261 g/mol. The van der Waals surface area contributed by atoms with Gasteiger partial charge in [-0.15, -0.1) is 0 Å². The summed E-state index contributed by atoms with van der Waals surface area (Å²) in [6, 6.07) is 4.77. The molecule has 1 rings (SSSR count). The average Bonchev–Trinajstić information content (AvgIpc) is 2.33. The molecule has 0 bridgehead atoms. The molecule has 7 heteroatoms. The van der Waals surface area contributed by atoms with Crippen LogP contribution in [0.4, 0.5) is 18.0 Å². The van der Waals surface area contributed by atoms with E-state index >= 15 is 0 Å². The van der Waals surface area contributed by atoms with Gasteiger partial charge in [-0.3, -0.25) is 0 Å². The molecule has 1 unspecified atom stereocenters. The third-order valence-corrected chi connectivity index (χ3v) is 2.51. The summed E-state index contributed by atoms with van der Waals surface area (Å²) in [7, 11) is 0. The lowest BCUT2D eigenvalue weighted by atomic mass is 10.0. The van der Waals surface area contributed by atoms with Crippen LogP contribution in [0.15, 0.2) is 24.3 Å². The molecule has 106 valence electrons. The molecule has 3 N–H and O–H groups in total. The molecule has 0 spiro atoms. The number of carbonyl (C=O) groups excluding carboxylic acids is 1. The van der Waals surface area contributed by atoms with Crippen LogP contribution in [-0.4, -0.2) is 19.2 Å². The van der Waals surface area contributed by atoms with E-state index in [1.54, 1.807) is 13.0 Å². The number of primary amides is 1. The van der Waals surface area contributed by atoms with E-state index in [9.17, 15) is 18.0 Å². The zero-order valence-corrected chi connectivity index (χ0v) is 10.3. The fourth-order valence-electron chi connectivity index (χ4n) is 1.53. The van der Waals surface area contributed by atoms with Crippen molar-refractivity contribution in [3.8, 4) is 0 Å². The van der Waals surface area contributed by atoms with Gasteiger partial charge in [-0.25, -0.2) is 4.79 Å². The van der Waals surface area contributed by atoms with Gasteiger partial charge in [0.25, 0.3) is 0 Å². The molecule has 1 amide bonds. The predicted molar refractivity (Wildman–Crippen MR) is 63.4 cm³/mol. The van der Waals surface area contributed by atoms with Crippen LogP contribution in [0.5, 0.6) is 0 Å². The number of carbonyl (C=O) groups is 1. The molecule has 0 aliphatic rings. The van der Waals surface area contributed by atoms with Crippen LogP contribution in [0, 0.1) is 0 Å². The molecule has 0 saturated heterocycles. The van der Waals surface area contributed by atoms with Gasteiger partial charge in [0.1, 0.15) is 6.61 Å². The molecule has 0 radical (unpaired) electrons. The van der Waals surface area contributed by atoms with Gasteiger partial charge in [-0.05, 0) is 24.6 Å². The Balaban J connectivity index is 2.57. The van der Waals surface area contributed by atoms with E-state index in [1.165, 1.54) is 6.07 Å². The van der Waals surface area contributed by atoms with E-state index in [2.05, 4.69) is 10.1 Å². The van der Waals surface area contributed by atoms with Gasteiger partial charge in [-0.1, -0.05) is 12.1 Å². The van der Waals surface area contributed by atoms with Crippen molar-refractivity contribution >= 4 is 6.09 Å². The topological polar surface area (TPSA) is 64.3 Å². The molecule has 4 nitrogen and oxygen atoms in total. The van der Waals surface area contributed by atoms with E-state index in [0.29, 0.717) is 12.1 Å². The van der Waals surface area contributed by atoms with Crippen molar-refractivity contribution in [2.24, 2.45) is 5.73 Å². The Morgan fingerprint density at radius 2 is 2.16 bits per heavy atom. The summed E-state index contributed by atoms with van der Waals surface area (Å²) in [4.78, 5) is 10.3. The summed E-state index contributed by atoms with van der Waals surface area (Å²) in [6.07, 6.45) is -5.24. The number of hydrogen-bond acceptors (Lipinski definition) is 3. The third kappa shape index (κ3) is 5.17. The second-order valence-electron chi connectivity index (χ2n) is 3.97. The molecular formula is C12H15F3N2O2. The second-order valence-corrected chi connectivity index (χ2v) is 3.97. The fraction of sp³-hybridized carbons (Fsp3) is 0.417. The van der Waals surface area contributed by atoms with Gasteiger partial charge >= 0.3 is 12.3 Å². The van der Waals surface area contributed by atoms with Crippen LogP contribution in [0.2, 0.25) is 0 Å². The lowest BCUT2D eigenvalue weighted by Gasteiger charge is -2.16. The Morgan fingerprint density at radius 3 is 2.74 bits per heavy atom. The summed E-state index contributed by atoms with van der Waals surface area (Å²) in [5.74, 6) is 0. The lowest BCUT2D eigenvalue weighted by Crippen LogP contribution is -2.26. The predicted octanol–water partition coefficient (Wildman–Crippen LogP) is 2.45. The normalized spacial score (nSPS) is 13.1. The first kappa shape index (κ1) is 15.3. The minimum Gasteiger partial charge on any atom is -0.448 e. The Labute approximate surface area is 108 Å². The van der Waals surface area contributed by atoms with Crippen LogP contribution >= 0.6 is 0 Å². The number of alkyl halides is 3. The number of benzene rings is 1. The van der Waals surface area contributed by atoms with Crippen molar-refractivity contribution in [1.82, 2.24) is 5.32 Å². The van der Waals surface area contributed by atoms with Crippen LogP contribution in [-0.2, 0) is 10.9 Å². The van der Waals surface area contributed by atoms with E-state index in [0.717, 1.165) is 12.1 Å². The summed E-state index contributed by atoms with van der Waals surface area (Å²) < 4.78 is 42.1. The van der Waals surface area contributed by atoms with Gasteiger partial charge in [0.05, 0.1) is 5.56 Å². The number of nitrogens with two attached hydrogens (primary N) is 1. The average molecular weight is 276 g/mol. The Morgan fingerprint density at radius 1 is 1.47 bits per heavy atom. The largest absolute Gasteiger partial charge is 0.448 e. The number of rotatable bonds is 5. The summed E-state index contributed by atoms with van der Waals surface area (Å²) in [6.45, 7) is 2.10. The van der Waals surface area contributed by atoms with Crippen molar-refractivity contribution in [3.63, 3.8) is 0 Å². The van der Waals surface area contributed by atoms with Gasteiger partial charge in [0, 0.05) is 12.6 Å². The first-order valence-electron chi connectivity index (χ1n) is 5.63. The zero-order valence-electron chi connectivity index (χ0n) is 10.3. The van der Waals surface area contributed by atoms with Crippen molar-refractivity contribution in [2.45, 2.75) is 19.1 Å². The highest BCUT2D eigenvalue weighted by atomic mass is 19.4. The number of hydrogen-bond donors (Lipinski definition) is 2. The molecule has 1 aromatic rings. The fourth-order valence-corrected chi connectivity index (χ4v) is 1.53. The highest BCUT2D eigenvalue weighted by Crippen LogP contribution is 2.30. The highest BCUT2D eigenvalue weighted by molar-refractivity contribution is 5.64. The summed E-state index contributed by atoms with van der Waals surface area (Å²) >= 11 is 0. The molecule has 1 atom stereocenters. The van der Waals surface area contributed by atoms with E-state index in [-0.39, 0.29) is 12.6 Å². The van der Waals surface area contributed by atoms with Gasteiger partial charge in [0.2, 0.25) is 0 Å². The number of nitrogens with one attached hydrogen (secondary N) is 1. The smallest absolute Gasteiger partial charge is 0.416 e. The van der Waals surface area contributed by atoms with Crippen molar-refractivity contribution in [3.05, 3.63) is 35.4 Å². The molecule has 0 heterocycles.